The Morgan fingerprint density at radius 3 is 2.59 bits per heavy atom. The van der Waals surface area contributed by atoms with E-state index in [0.29, 0.717) is 16.7 Å². The minimum absolute atomic E-state index is 0.154. The molecule has 1 aromatic carbocycles. The highest BCUT2D eigenvalue weighted by Crippen LogP contribution is 2.20. The molecule has 0 unspecified atom stereocenters. The molecule has 0 aliphatic heterocycles. The zero-order valence-corrected chi connectivity index (χ0v) is 9.90. The van der Waals surface area contributed by atoms with Crippen molar-refractivity contribution in [3.63, 3.8) is 0 Å². The summed E-state index contributed by atoms with van der Waals surface area (Å²) in [4.78, 5) is 7.93. The number of nitrogens with zero attached hydrogens (tertiary/aromatic N) is 2. The van der Waals surface area contributed by atoms with Crippen LogP contribution in [-0.4, -0.2) is 17.1 Å². The minimum Gasteiger partial charge on any atom is -0.481 e. The van der Waals surface area contributed by atoms with E-state index in [0.717, 1.165) is 5.69 Å². The maximum Gasteiger partial charge on any atom is 0.225 e. The van der Waals surface area contributed by atoms with E-state index < -0.39 is 0 Å². The predicted molar refractivity (Wildman–Crippen MR) is 67.7 cm³/mol. The van der Waals surface area contributed by atoms with Gasteiger partial charge in [0.25, 0.3) is 0 Å². The maximum absolute atomic E-state index is 5.79. The molecule has 0 spiro atoms. The Hall–Kier alpha value is -2.01. The van der Waals surface area contributed by atoms with Crippen LogP contribution in [0.4, 0.5) is 17.5 Å². The Balaban J connectivity index is 2.23. The fraction of sp³-hybridized carbons (Fsp3) is 0.0909. The summed E-state index contributed by atoms with van der Waals surface area (Å²) in [5, 5.41) is 3.75. The van der Waals surface area contributed by atoms with Crippen molar-refractivity contribution in [1.29, 1.82) is 0 Å². The van der Waals surface area contributed by atoms with Gasteiger partial charge in [-0.2, -0.15) is 9.97 Å². The van der Waals surface area contributed by atoms with Crippen molar-refractivity contribution >= 4 is 29.1 Å². The monoisotopic (exact) mass is 250 g/mol. The van der Waals surface area contributed by atoms with Crippen molar-refractivity contribution in [2.45, 2.75) is 0 Å². The van der Waals surface area contributed by atoms with Gasteiger partial charge >= 0.3 is 0 Å². The number of halogens is 1. The summed E-state index contributed by atoms with van der Waals surface area (Å²) in [7, 11) is 1.52. The van der Waals surface area contributed by atoms with Crippen LogP contribution in [0.3, 0.4) is 0 Å². The molecular weight excluding hydrogens is 240 g/mol. The van der Waals surface area contributed by atoms with E-state index in [1.54, 1.807) is 18.2 Å². The Labute approximate surface area is 104 Å². The zero-order chi connectivity index (χ0) is 12.3. The number of benzene rings is 1. The average molecular weight is 251 g/mol. The van der Waals surface area contributed by atoms with Crippen molar-refractivity contribution in [3.8, 4) is 5.88 Å². The third-order valence-electron chi connectivity index (χ3n) is 2.05. The zero-order valence-electron chi connectivity index (χ0n) is 9.14. The van der Waals surface area contributed by atoms with Gasteiger partial charge in [-0.1, -0.05) is 11.6 Å². The second-order valence-electron chi connectivity index (χ2n) is 3.29. The number of nitrogens with two attached hydrogens (primary N) is 1. The highest BCUT2D eigenvalue weighted by Gasteiger charge is 2.02. The van der Waals surface area contributed by atoms with Gasteiger partial charge in [-0.05, 0) is 24.3 Å². The van der Waals surface area contributed by atoms with Crippen molar-refractivity contribution in [3.05, 3.63) is 35.4 Å². The van der Waals surface area contributed by atoms with Crippen LogP contribution < -0.4 is 15.8 Å². The van der Waals surface area contributed by atoms with Gasteiger partial charge in [0.05, 0.1) is 7.11 Å². The molecule has 0 fully saturated rings. The molecule has 0 saturated heterocycles. The topological polar surface area (TPSA) is 73.1 Å². The number of hydrogen-bond acceptors (Lipinski definition) is 5. The Morgan fingerprint density at radius 2 is 1.94 bits per heavy atom. The van der Waals surface area contributed by atoms with E-state index in [2.05, 4.69) is 15.3 Å². The number of rotatable bonds is 3. The summed E-state index contributed by atoms with van der Waals surface area (Å²) < 4.78 is 5.00. The van der Waals surface area contributed by atoms with Gasteiger partial charge in [0, 0.05) is 16.8 Å². The molecule has 0 atom stereocenters. The fourth-order valence-corrected chi connectivity index (χ4v) is 1.42. The molecule has 0 radical (unpaired) electrons. The van der Waals surface area contributed by atoms with Crippen LogP contribution in [0.2, 0.25) is 5.02 Å². The van der Waals surface area contributed by atoms with E-state index in [4.69, 9.17) is 22.1 Å². The summed E-state index contributed by atoms with van der Waals surface area (Å²) in [6.45, 7) is 0. The first-order valence-electron chi connectivity index (χ1n) is 4.88. The van der Waals surface area contributed by atoms with Crippen LogP contribution in [-0.2, 0) is 0 Å². The molecule has 6 heteroatoms. The molecular formula is C11H11ClN4O. The summed E-state index contributed by atoms with van der Waals surface area (Å²) >= 11 is 5.79. The lowest BCUT2D eigenvalue weighted by Crippen LogP contribution is -2.01. The lowest BCUT2D eigenvalue weighted by Gasteiger charge is -2.07. The number of hydrogen-bond donors (Lipinski definition) is 2. The van der Waals surface area contributed by atoms with Gasteiger partial charge in [0.1, 0.15) is 5.82 Å². The Bertz CT molecular complexity index is 515. The third kappa shape index (κ3) is 2.98. The van der Waals surface area contributed by atoms with Gasteiger partial charge in [-0.15, -0.1) is 0 Å². The standard InChI is InChI=1S/C11H11ClN4O/c1-17-10-6-9(15-11(13)16-10)14-8-4-2-7(12)3-5-8/h2-6H,1H3,(H3,13,14,15,16). The molecule has 5 nitrogen and oxygen atoms in total. The smallest absolute Gasteiger partial charge is 0.225 e. The first-order valence-corrected chi connectivity index (χ1v) is 5.26. The van der Waals surface area contributed by atoms with Crippen molar-refractivity contribution in [1.82, 2.24) is 9.97 Å². The van der Waals surface area contributed by atoms with Gasteiger partial charge in [0.2, 0.25) is 11.8 Å². The van der Waals surface area contributed by atoms with Crippen LogP contribution in [0.15, 0.2) is 30.3 Å². The van der Waals surface area contributed by atoms with Crippen LogP contribution in [0.25, 0.3) is 0 Å². The summed E-state index contributed by atoms with van der Waals surface area (Å²) in [5.74, 6) is 1.13. The molecule has 0 aliphatic rings. The number of ether oxygens (including phenoxy) is 1. The number of nitrogens with one attached hydrogen (secondary N) is 1. The molecule has 2 rings (SSSR count). The summed E-state index contributed by atoms with van der Waals surface area (Å²) in [6, 6.07) is 8.91. The van der Waals surface area contributed by atoms with Crippen LogP contribution in [0.1, 0.15) is 0 Å². The van der Waals surface area contributed by atoms with Crippen molar-refractivity contribution in [2.75, 3.05) is 18.2 Å². The van der Waals surface area contributed by atoms with Crippen LogP contribution >= 0.6 is 11.6 Å². The van der Waals surface area contributed by atoms with E-state index in [1.165, 1.54) is 7.11 Å². The molecule has 2 aromatic rings. The first kappa shape index (κ1) is 11.5. The molecule has 1 heterocycles. The number of methoxy groups -OCH3 is 1. The van der Waals surface area contributed by atoms with Crippen LogP contribution in [0, 0.1) is 0 Å². The van der Waals surface area contributed by atoms with E-state index in [1.807, 2.05) is 12.1 Å². The maximum atomic E-state index is 5.79. The van der Waals surface area contributed by atoms with Gasteiger partial charge in [-0.25, -0.2) is 0 Å². The third-order valence-corrected chi connectivity index (χ3v) is 2.30. The molecule has 3 N–H and O–H groups in total. The summed E-state index contributed by atoms with van der Waals surface area (Å²) in [6.07, 6.45) is 0. The molecule has 0 saturated carbocycles. The molecule has 0 bridgehead atoms. The largest absolute Gasteiger partial charge is 0.481 e. The van der Waals surface area contributed by atoms with Gasteiger partial charge in [0.15, 0.2) is 0 Å². The highest BCUT2D eigenvalue weighted by molar-refractivity contribution is 6.30. The molecule has 88 valence electrons. The van der Waals surface area contributed by atoms with E-state index >= 15 is 0 Å². The predicted octanol–water partition coefficient (Wildman–Crippen LogP) is 2.46. The first-order chi connectivity index (χ1) is 8.17. The Morgan fingerprint density at radius 1 is 1.24 bits per heavy atom. The van der Waals surface area contributed by atoms with E-state index in [9.17, 15) is 0 Å². The SMILES string of the molecule is COc1cc(Nc2ccc(Cl)cc2)nc(N)n1. The van der Waals surface area contributed by atoms with Crippen LogP contribution in [0.5, 0.6) is 5.88 Å². The number of anilines is 3. The fourth-order valence-electron chi connectivity index (χ4n) is 1.29. The quantitative estimate of drug-likeness (QED) is 0.875. The van der Waals surface area contributed by atoms with Crippen molar-refractivity contribution < 1.29 is 4.74 Å². The lowest BCUT2D eigenvalue weighted by molar-refractivity contribution is 0.398. The van der Waals surface area contributed by atoms with Crippen molar-refractivity contribution in [2.24, 2.45) is 0 Å². The normalized spacial score (nSPS) is 10.0. The van der Waals surface area contributed by atoms with Gasteiger partial charge in [-0.3, -0.25) is 0 Å². The molecule has 17 heavy (non-hydrogen) atoms. The summed E-state index contributed by atoms with van der Waals surface area (Å²) in [5.41, 5.74) is 6.41. The van der Waals surface area contributed by atoms with Gasteiger partial charge < -0.3 is 15.8 Å². The second kappa shape index (κ2) is 4.88. The lowest BCUT2D eigenvalue weighted by atomic mass is 10.3. The van der Waals surface area contributed by atoms with E-state index in [-0.39, 0.29) is 5.95 Å². The number of aromatic nitrogens is 2. The average Bonchev–Trinajstić information content (AvgIpc) is 2.31. The Kier molecular flexibility index (Phi) is 3.30. The molecule has 0 amide bonds. The molecule has 1 aromatic heterocycles. The highest BCUT2D eigenvalue weighted by atomic mass is 35.5. The second-order valence-corrected chi connectivity index (χ2v) is 3.72. The molecule has 0 aliphatic carbocycles. The minimum atomic E-state index is 0.154. The number of nitrogen functional groups attached to an aromatic ring is 1.